The zero-order valence-electron chi connectivity index (χ0n) is 26.8. The Morgan fingerprint density at radius 1 is 0.375 bits per heavy atom. The van der Waals surface area contributed by atoms with Gasteiger partial charge in [-0.1, -0.05) is 141 Å². The highest BCUT2D eigenvalue weighted by Gasteiger charge is 1.97. The van der Waals surface area contributed by atoms with Gasteiger partial charge in [-0.2, -0.15) is 0 Å². The number of rotatable bonds is 30. The van der Waals surface area contributed by atoms with Crippen molar-refractivity contribution in [3.05, 3.63) is 24.3 Å². The van der Waals surface area contributed by atoms with Crippen molar-refractivity contribution in [1.82, 2.24) is 0 Å². The molecular formula is C36H68O4. The molecule has 0 heterocycles. The van der Waals surface area contributed by atoms with E-state index in [4.69, 9.17) is 10.2 Å². The number of carboxylic acid groups (broad SMARTS) is 2. The van der Waals surface area contributed by atoms with Crippen molar-refractivity contribution in [2.75, 3.05) is 0 Å². The van der Waals surface area contributed by atoms with E-state index in [1.165, 1.54) is 141 Å². The predicted molar refractivity (Wildman–Crippen MR) is 174 cm³/mol. The Hall–Kier alpha value is -1.58. The molecule has 0 saturated heterocycles. The van der Waals surface area contributed by atoms with Gasteiger partial charge < -0.3 is 10.2 Å². The molecule has 0 atom stereocenters. The molecule has 0 rings (SSSR count). The Morgan fingerprint density at radius 3 is 0.850 bits per heavy atom. The van der Waals surface area contributed by atoms with Crippen LogP contribution in [-0.4, -0.2) is 22.2 Å². The maximum absolute atomic E-state index is 10.3. The van der Waals surface area contributed by atoms with Gasteiger partial charge in [-0.15, -0.1) is 0 Å². The summed E-state index contributed by atoms with van der Waals surface area (Å²) in [4.78, 5) is 20.6. The molecule has 0 spiro atoms. The molecular weight excluding hydrogens is 496 g/mol. The monoisotopic (exact) mass is 565 g/mol. The van der Waals surface area contributed by atoms with E-state index < -0.39 is 11.9 Å². The summed E-state index contributed by atoms with van der Waals surface area (Å²) in [5, 5.41) is 17.0. The molecule has 236 valence electrons. The highest BCUT2D eigenvalue weighted by Crippen LogP contribution is 2.11. The van der Waals surface area contributed by atoms with E-state index >= 15 is 0 Å². The average molecular weight is 565 g/mol. The fourth-order valence-electron chi connectivity index (χ4n) is 4.69. The second-order valence-electron chi connectivity index (χ2n) is 11.5. The van der Waals surface area contributed by atoms with Gasteiger partial charge in [0.15, 0.2) is 0 Å². The van der Waals surface area contributed by atoms with Gasteiger partial charge in [0, 0.05) is 12.8 Å². The lowest BCUT2D eigenvalue weighted by Gasteiger charge is -1.99. The topological polar surface area (TPSA) is 74.6 Å². The quantitative estimate of drug-likeness (QED) is 0.0672. The maximum atomic E-state index is 10.3. The van der Waals surface area contributed by atoms with E-state index in [1.54, 1.807) is 0 Å². The predicted octanol–water partition coefficient (Wildman–Crippen LogP) is 12.2. The minimum absolute atomic E-state index is 0.332. The van der Waals surface area contributed by atoms with Crippen molar-refractivity contribution >= 4 is 11.9 Å². The summed E-state index contributed by atoms with van der Waals surface area (Å²) in [6.07, 6.45) is 42.5. The highest BCUT2D eigenvalue weighted by molar-refractivity contribution is 5.66. The Morgan fingerprint density at radius 2 is 0.600 bits per heavy atom. The molecule has 4 nitrogen and oxygen atoms in total. The first-order valence-corrected chi connectivity index (χ1v) is 17.3. The first-order chi connectivity index (χ1) is 19.5. The summed E-state index contributed by atoms with van der Waals surface area (Å²) in [5.74, 6) is -1.33. The Labute approximate surface area is 249 Å². The normalized spacial score (nSPS) is 11.2. The number of unbranched alkanes of at least 4 members (excludes halogenated alkanes) is 22. The van der Waals surface area contributed by atoms with Gasteiger partial charge in [-0.3, -0.25) is 9.59 Å². The van der Waals surface area contributed by atoms with E-state index in [9.17, 15) is 9.59 Å². The van der Waals surface area contributed by atoms with E-state index in [-0.39, 0.29) is 0 Å². The zero-order chi connectivity index (χ0) is 29.8. The molecule has 0 radical (unpaired) electrons. The molecule has 0 fully saturated rings. The fourth-order valence-corrected chi connectivity index (χ4v) is 4.69. The molecule has 0 bridgehead atoms. The van der Waals surface area contributed by atoms with Gasteiger partial charge in [0.1, 0.15) is 0 Å². The lowest BCUT2D eigenvalue weighted by Crippen LogP contribution is -1.93. The number of aliphatic carboxylic acids is 2. The van der Waals surface area contributed by atoms with Crippen molar-refractivity contribution in [2.45, 2.75) is 194 Å². The summed E-state index contributed by atoms with van der Waals surface area (Å²) < 4.78 is 0. The third-order valence-corrected chi connectivity index (χ3v) is 7.30. The molecule has 0 aliphatic heterocycles. The number of hydrogen-bond acceptors (Lipinski definition) is 2. The molecule has 0 aromatic heterocycles. The largest absolute Gasteiger partial charge is 0.481 e. The first kappa shape index (κ1) is 40.6. The fraction of sp³-hybridized carbons (Fsp3) is 0.833. The van der Waals surface area contributed by atoms with Crippen LogP contribution in [0.15, 0.2) is 24.3 Å². The van der Waals surface area contributed by atoms with Gasteiger partial charge in [-0.05, 0) is 64.2 Å². The molecule has 0 unspecified atom stereocenters. The molecule has 0 saturated carbocycles. The number of carboxylic acids is 2. The summed E-state index contributed by atoms with van der Waals surface area (Å²) in [7, 11) is 0. The molecule has 0 aromatic rings. The molecule has 0 amide bonds. The van der Waals surface area contributed by atoms with Crippen LogP contribution in [0, 0.1) is 0 Å². The Kier molecular flexibility index (Phi) is 37.9. The van der Waals surface area contributed by atoms with Crippen molar-refractivity contribution < 1.29 is 19.8 Å². The van der Waals surface area contributed by atoms with Crippen LogP contribution in [0.2, 0.25) is 0 Å². The Balaban J connectivity index is 0. The third-order valence-electron chi connectivity index (χ3n) is 7.30. The van der Waals surface area contributed by atoms with E-state index in [0.717, 1.165) is 25.7 Å². The summed E-state index contributed by atoms with van der Waals surface area (Å²) in [5.41, 5.74) is 0. The minimum atomic E-state index is -0.664. The van der Waals surface area contributed by atoms with E-state index in [1.807, 2.05) is 0 Å². The van der Waals surface area contributed by atoms with Gasteiger partial charge in [0.25, 0.3) is 0 Å². The number of allylic oxidation sites excluding steroid dienone is 4. The molecule has 4 heteroatoms. The second-order valence-corrected chi connectivity index (χ2v) is 11.5. The lowest BCUT2D eigenvalue weighted by molar-refractivity contribution is -0.138. The smallest absolute Gasteiger partial charge is 0.303 e. The van der Waals surface area contributed by atoms with Gasteiger partial charge >= 0.3 is 11.9 Å². The molecule has 2 N–H and O–H groups in total. The zero-order valence-corrected chi connectivity index (χ0v) is 26.8. The van der Waals surface area contributed by atoms with Gasteiger partial charge in [0.05, 0.1) is 0 Å². The van der Waals surface area contributed by atoms with Crippen LogP contribution < -0.4 is 0 Å². The van der Waals surface area contributed by atoms with Crippen LogP contribution in [0.25, 0.3) is 0 Å². The van der Waals surface area contributed by atoms with Crippen molar-refractivity contribution in [1.29, 1.82) is 0 Å². The van der Waals surface area contributed by atoms with E-state index in [0.29, 0.717) is 12.8 Å². The van der Waals surface area contributed by atoms with Crippen molar-refractivity contribution in [3.63, 3.8) is 0 Å². The summed E-state index contributed by atoms with van der Waals surface area (Å²) in [6.45, 7) is 4.52. The second kappa shape index (κ2) is 37.4. The van der Waals surface area contributed by atoms with Crippen LogP contribution in [0.4, 0.5) is 0 Å². The minimum Gasteiger partial charge on any atom is -0.481 e. The van der Waals surface area contributed by atoms with Crippen LogP contribution in [0.1, 0.15) is 194 Å². The molecule has 40 heavy (non-hydrogen) atoms. The SMILES string of the molecule is CCCCCCCC/C=C/CCCCCCCC(=O)O.CCCCCCCC/C=C/CCCCCCCC(=O)O. The summed E-state index contributed by atoms with van der Waals surface area (Å²) >= 11 is 0. The number of carbonyl (C=O) groups is 2. The maximum Gasteiger partial charge on any atom is 0.303 e. The van der Waals surface area contributed by atoms with E-state index in [2.05, 4.69) is 38.2 Å². The molecule has 0 aromatic carbocycles. The Bertz CT molecular complexity index is 517. The first-order valence-electron chi connectivity index (χ1n) is 17.3. The average Bonchev–Trinajstić information content (AvgIpc) is 2.93. The highest BCUT2D eigenvalue weighted by atomic mass is 16.4. The van der Waals surface area contributed by atoms with Gasteiger partial charge in [-0.25, -0.2) is 0 Å². The van der Waals surface area contributed by atoms with Crippen molar-refractivity contribution in [2.24, 2.45) is 0 Å². The molecule has 0 aliphatic rings. The third kappa shape index (κ3) is 43.5. The van der Waals surface area contributed by atoms with Gasteiger partial charge in [0.2, 0.25) is 0 Å². The van der Waals surface area contributed by atoms with Crippen molar-refractivity contribution in [3.8, 4) is 0 Å². The number of hydrogen-bond donors (Lipinski definition) is 2. The standard InChI is InChI=1S/2C18H34O2/c2*1-2-3-4-5-6-7-8-9-10-11-12-13-14-15-16-17-18(19)20/h2*9-10H,2-8,11-17H2,1H3,(H,19,20)/b2*10-9+. The molecule has 0 aliphatic carbocycles. The summed E-state index contributed by atoms with van der Waals surface area (Å²) in [6, 6.07) is 0. The van der Waals surface area contributed by atoms with Crippen LogP contribution in [0.5, 0.6) is 0 Å². The van der Waals surface area contributed by atoms with Crippen LogP contribution >= 0.6 is 0 Å². The van der Waals surface area contributed by atoms with Crippen LogP contribution in [-0.2, 0) is 9.59 Å². The lowest BCUT2D eigenvalue weighted by atomic mass is 10.1. The van der Waals surface area contributed by atoms with Crippen LogP contribution in [0.3, 0.4) is 0 Å².